The molecule has 0 radical (unpaired) electrons. The number of nitrogens with two attached hydrogens (primary N) is 1. The molecule has 1 aromatic heterocycles. The van der Waals surface area contributed by atoms with Crippen LogP contribution in [0.3, 0.4) is 0 Å². The average molecular weight is 301 g/mol. The maximum atomic E-state index is 8.95. The van der Waals surface area contributed by atoms with Gasteiger partial charge in [0.05, 0.1) is 17.8 Å². The van der Waals surface area contributed by atoms with Gasteiger partial charge in [0.15, 0.2) is 5.82 Å². The van der Waals surface area contributed by atoms with Gasteiger partial charge in [-0.2, -0.15) is 5.26 Å². The van der Waals surface area contributed by atoms with Gasteiger partial charge in [0.25, 0.3) is 0 Å². The van der Waals surface area contributed by atoms with Crippen LogP contribution in [0, 0.1) is 11.3 Å². The van der Waals surface area contributed by atoms with Crippen LogP contribution in [0.1, 0.15) is 11.1 Å². The second kappa shape index (κ2) is 6.58. The molecule has 0 bridgehead atoms. The first kappa shape index (κ1) is 14.5. The molecule has 5 nitrogen and oxygen atoms in total. The van der Waals surface area contributed by atoms with Crippen LogP contribution in [0.5, 0.6) is 0 Å². The highest BCUT2D eigenvalue weighted by molar-refractivity contribution is 5.60. The number of nitrogen functional groups attached to an aromatic ring is 1. The first-order valence-electron chi connectivity index (χ1n) is 7.14. The number of nitrogens with zero attached hydrogens (tertiary/aromatic N) is 4. The van der Waals surface area contributed by atoms with Crippen molar-refractivity contribution in [2.24, 2.45) is 0 Å². The summed E-state index contributed by atoms with van der Waals surface area (Å²) in [5, 5.41) is 8.95. The predicted molar refractivity (Wildman–Crippen MR) is 89.9 cm³/mol. The number of rotatable bonds is 4. The zero-order valence-corrected chi connectivity index (χ0v) is 12.4. The molecule has 0 aliphatic heterocycles. The number of aromatic nitrogens is 2. The summed E-state index contributed by atoms with van der Waals surface area (Å²) >= 11 is 0. The van der Waals surface area contributed by atoms with E-state index < -0.39 is 0 Å². The van der Waals surface area contributed by atoms with Crippen molar-refractivity contribution in [3.05, 3.63) is 78.2 Å². The minimum absolute atomic E-state index is 0.625. The Morgan fingerprint density at radius 2 is 1.74 bits per heavy atom. The normalized spacial score (nSPS) is 10.0. The van der Waals surface area contributed by atoms with Crippen LogP contribution in [0.4, 0.5) is 17.2 Å². The molecule has 0 unspecified atom stereocenters. The van der Waals surface area contributed by atoms with Crippen molar-refractivity contribution >= 4 is 17.2 Å². The summed E-state index contributed by atoms with van der Waals surface area (Å²) in [6, 6.07) is 17.3. The van der Waals surface area contributed by atoms with E-state index in [4.69, 9.17) is 11.0 Å². The fourth-order valence-electron chi connectivity index (χ4n) is 2.26. The van der Waals surface area contributed by atoms with Gasteiger partial charge in [0.2, 0.25) is 0 Å². The quantitative estimate of drug-likeness (QED) is 0.748. The minimum Gasteiger partial charge on any atom is -0.399 e. The Bertz CT molecular complexity index is 805. The maximum Gasteiger partial charge on any atom is 0.151 e. The third-order valence-electron chi connectivity index (χ3n) is 3.45. The van der Waals surface area contributed by atoms with Gasteiger partial charge in [-0.25, -0.2) is 4.98 Å². The van der Waals surface area contributed by atoms with E-state index in [0.29, 0.717) is 12.1 Å². The number of hydrogen-bond donors (Lipinski definition) is 1. The number of anilines is 3. The molecule has 23 heavy (non-hydrogen) atoms. The highest BCUT2D eigenvalue weighted by Gasteiger charge is 2.11. The third-order valence-corrected chi connectivity index (χ3v) is 3.45. The Morgan fingerprint density at radius 1 is 1.00 bits per heavy atom. The van der Waals surface area contributed by atoms with E-state index in [1.165, 1.54) is 0 Å². The van der Waals surface area contributed by atoms with Crippen molar-refractivity contribution in [3.8, 4) is 6.07 Å². The fourth-order valence-corrected chi connectivity index (χ4v) is 2.26. The molecule has 0 aliphatic rings. The maximum absolute atomic E-state index is 8.95. The van der Waals surface area contributed by atoms with Crippen LogP contribution in [0.15, 0.2) is 67.1 Å². The van der Waals surface area contributed by atoms with Gasteiger partial charge in [0.1, 0.15) is 0 Å². The Morgan fingerprint density at radius 3 is 2.35 bits per heavy atom. The zero-order chi connectivity index (χ0) is 16.1. The molecular weight excluding hydrogens is 286 g/mol. The topological polar surface area (TPSA) is 78.8 Å². The van der Waals surface area contributed by atoms with Gasteiger partial charge >= 0.3 is 0 Å². The Kier molecular flexibility index (Phi) is 4.16. The smallest absolute Gasteiger partial charge is 0.151 e. The molecule has 0 atom stereocenters. The summed E-state index contributed by atoms with van der Waals surface area (Å²) in [7, 11) is 0. The van der Waals surface area contributed by atoms with Crippen molar-refractivity contribution in [1.29, 1.82) is 5.26 Å². The van der Waals surface area contributed by atoms with Crippen LogP contribution in [-0.2, 0) is 6.54 Å². The van der Waals surface area contributed by atoms with E-state index in [1.54, 1.807) is 30.7 Å². The number of benzene rings is 2. The van der Waals surface area contributed by atoms with Gasteiger partial charge < -0.3 is 10.6 Å². The summed E-state index contributed by atoms with van der Waals surface area (Å²) in [5.41, 5.74) is 9.16. The summed E-state index contributed by atoms with van der Waals surface area (Å²) in [6.07, 6.45) is 5.02. The average Bonchev–Trinajstić information content (AvgIpc) is 2.62. The molecule has 3 rings (SSSR count). The number of hydrogen-bond acceptors (Lipinski definition) is 5. The molecule has 112 valence electrons. The summed E-state index contributed by atoms with van der Waals surface area (Å²) < 4.78 is 0. The molecule has 1 heterocycles. The van der Waals surface area contributed by atoms with Gasteiger partial charge in [-0.1, -0.05) is 12.1 Å². The lowest BCUT2D eigenvalue weighted by atomic mass is 10.1. The standard InChI is InChI=1S/C18H15N5/c19-11-14-3-7-17(8-4-14)23(18-12-21-9-10-22-18)13-15-1-5-16(20)6-2-15/h1-10,12H,13,20H2. The van der Waals surface area contributed by atoms with Crippen LogP contribution in [0.2, 0.25) is 0 Å². The molecule has 2 N–H and O–H groups in total. The minimum atomic E-state index is 0.625. The van der Waals surface area contributed by atoms with Crippen LogP contribution < -0.4 is 10.6 Å². The highest BCUT2D eigenvalue weighted by Crippen LogP contribution is 2.25. The lowest BCUT2D eigenvalue weighted by Crippen LogP contribution is -2.17. The summed E-state index contributed by atoms with van der Waals surface area (Å²) in [4.78, 5) is 10.6. The van der Waals surface area contributed by atoms with E-state index in [1.807, 2.05) is 41.3 Å². The molecule has 2 aromatic carbocycles. The summed E-state index contributed by atoms with van der Waals surface area (Å²) in [6.45, 7) is 0.630. The lowest BCUT2D eigenvalue weighted by Gasteiger charge is -2.23. The summed E-state index contributed by atoms with van der Waals surface area (Å²) in [5.74, 6) is 0.744. The Hall–Kier alpha value is -3.39. The molecule has 0 amide bonds. The van der Waals surface area contributed by atoms with E-state index in [2.05, 4.69) is 16.0 Å². The van der Waals surface area contributed by atoms with Crippen LogP contribution >= 0.6 is 0 Å². The second-order valence-corrected chi connectivity index (χ2v) is 5.05. The van der Waals surface area contributed by atoms with Gasteiger partial charge in [0, 0.05) is 30.3 Å². The highest BCUT2D eigenvalue weighted by atomic mass is 15.2. The first-order valence-corrected chi connectivity index (χ1v) is 7.14. The van der Waals surface area contributed by atoms with E-state index >= 15 is 0 Å². The van der Waals surface area contributed by atoms with Crippen molar-refractivity contribution in [2.45, 2.75) is 6.54 Å². The zero-order valence-electron chi connectivity index (χ0n) is 12.4. The van der Waals surface area contributed by atoms with Crippen molar-refractivity contribution in [2.75, 3.05) is 10.6 Å². The molecule has 0 spiro atoms. The predicted octanol–water partition coefficient (Wildman–Crippen LogP) is 3.27. The van der Waals surface area contributed by atoms with Crippen molar-refractivity contribution < 1.29 is 0 Å². The Labute approximate surface area is 134 Å². The number of nitriles is 1. The Balaban J connectivity index is 1.96. The van der Waals surface area contributed by atoms with Gasteiger partial charge in [-0.15, -0.1) is 0 Å². The molecule has 5 heteroatoms. The molecule has 0 saturated carbocycles. The second-order valence-electron chi connectivity index (χ2n) is 5.05. The fraction of sp³-hybridized carbons (Fsp3) is 0.0556. The largest absolute Gasteiger partial charge is 0.399 e. The van der Waals surface area contributed by atoms with Crippen molar-refractivity contribution in [1.82, 2.24) is 9.97 Å². The van der Waals surface area contributed by atoms with E-state index in [0.717, 1.165) is 22.8 Å². The molecule has 0 fully saturated rings. The van der Waals surface area contributed by atoms with Gasteiger partial charge in [-0.05, 0) is 42.0 Å². The van der Waals surface area contributed by atoms with E-state index in [9.17, 15) is 0 Å². The third kappa shape index (κ3) is 3.44. The monoisotopic (exact) mass is 301 g/mol. The lowest BCUT2D eigenvalue weighted by molar-refractivity contribution is 0.937. The van der Waals surface area contributed by atoms with E-state index in [-0.39, 0.29) is 0 Å². The SMILES string of the molecule is N#Cc1ccc(N(Cc2ccc(N)cc2)c2cnccn2)cc1. The van der Waals surface area contributed by atoms with Crippen molar-refractivity contribution in [3.63, 3.8) is 0 Å². The molecule has 0 aliphatic carbocycles. The molecule has 3 aromatic rings. The first-order chi connectivity index (χ1) is 11.3. The van der Waals surface area contributed by atoms with Crippen LogP contribution in [0.25, 0.3) is 0 Å². The van der Waals surface area contributed by atoms with Gasteiger partial charge in [-0.3, -0.25) is 4.98 Å². The van der Waals surface area contributed by atoms with Crippen LogP contribution in [-0.4, -0.2) is 9.97 Å². The molecule has 0 saturated heterocycles. The molecular formula is C18H15N5.